The lowest BCUT2D eigenvalue weighted by atomic mass is 10.1. The van der Waals surface area contributed by atoms with Gasteiger partial charge in [-0.25, -0.2) is 4.98 Å². The van der Waals surface area contributed by atoms with Crippen LogP contribution in [0.2, 0.25) is 0 Å². The van der Waals surface area contributed by atoms with Gasteiger partial charge in [-0.15, -0.1) is 11.3 Å². The van der Waals surface area contributed by atoms with Gasteiger partial charge in [-0.2, -0.15) is 0 Å². The minimum atomic E-state index is -0.856. The first-order valence-electron chi connectivity index (χ1n) is 6.28. The zero-order valence-corrected chi connectivity index (χ0v) is 11.9. The fourth-order valence-electron chi connectivity index (χ4n) is 1.82. The molecule has 0 atom stereocenters. The van der Waals surface area contributed by atoms with Gasteiger partial charge in [0, 0.05) is 10.9 Å². The molecule has 2 aromatic rings. The minimum Gasteiger partial charge on any atom is -0.383 e. The highest BCUT2D eigenvalue weighted by atomic mass is 32.1. The lowest BCUT2D eigenvalue weighted by Crippen LogP contribution is -2.14. The zero-order valence-electron chi connectivity index (χ0n) is 11.1. The topological polar surface area (TPSA) is 33.1 Å². The van der Waals surface area contributed by atoms with E-state index in [0.717, 1.165) is 22.7 Å². The van der Waals surface area contributed by atoms with Gasteiger partial charge >= 0.3 is 0 Å². The first-order chi connectivity index (χ1) is 8.50. The van der Waals surface area contributed by atoms with Gasteiger partial charge in [0.25, 0.3) is 0 Å². The molecular formula is C15H19NOS. The van der Waals surface area contributed by atoms with Gasteiger partial charge in [0.05, 0.1) is 5.69 Å². The molecule has 0 radical (unpaired) electrons. The molecule has 0 saturated carbocycles. The Bertz CT molecular complexity index is 508. The molecule has 2 rings (SSSR count). The zero-order chi connectivity index (χ0) is 13.2. The number of aryl methyl sites for hydroxylation is 1. The second kappa shape index (κ2) is 5.21. The van der Waals surface area contributed by atoms with Crippen molar-refractivity contribution in [2.24, 2.45) is 0 Å². The lowest BCUT2D eigenvalue weighted by molar-refractivity contribution is 0.0783. The molecule has 3 heteroatoms. The van der Waals surface area contributed by atoms with Crippen molar-refractivity contribution in [3.05, 3.63) is 40.2 Å². The SMILES string of the molecule is CCCc1ccc(-c2csc(C(C)(C)O)n2)cc1. The number of aromatic nitrogens is 1. The molecule has 0 aliphatic carbocycles. The number of hydrogen-bond donors (Lipinski definition) is 1. The van der Waals surface area contributed by atoms with Crippen LogP contribution < -0.4 is 0 Å². The molecule has 0 saturated heterocycles. The maximum Gasteiger partial charge on any atom is 0.124 e. The Labute approximate surface area is 112 Å². The van der Waals surface area contributed by atoms with Crippen LogP contribution in [0.25, 0.3) is 11.3 Å². The van der Waals surface area contributed by atoms with Crippen LogP contribution in [0.5, 0.6) is 0 Å². The normalized spacial score (nSPS) is 11.8. The van der Waals surface area contributed by atoms with Crippen LogP contribution in [0.15, 0.2) is 29.6 Å². The number of aliphatic hydroxyl groups is 1. The standard InChI is InChI=1S/C15H19NOS/c1-4-5-11-6-8-12(9-7-11)13-10-18-14(16-13)15(2,3)17/h6-10,17H,4-5H2,1-3H3. The maximum absolute atomic E-state index is 9.91. The van der Waals surface area contributed by atoms with E-state index in [0.29, 0.717) is 0 Å². The van der Waals surface area contributed by atoms with Gasteiger partial charge in [0.15, 0.2) is 0 Å². The molecule has 18 heavy (non-hydrogen) atoms. The summed E-state index contributed by atoms with van der Waals surface area (Å²) in [5.74, 6) is 0. The number of nitrogens with zero attached hydrogens (tertiary/aromatic N) is 1. The lowest BCUT2D eigenvalue weighted by Gasteiger charge is -2.12. The summed E-state index contributed by atoms with van der Waals surface area (Å²) in [5, 5.41) is 12.7. The summed E-state index contributed by atoms with van der Waals surface area (Å²) in [6.07, 6.45) is 2.28. The van der Waals surface area contributed by atoms with Crippen LogP contribution in [0.1, 0.15) is 37.8 Å². The molecule has 2 nitrogen and oxygen atoms in total. The van der Waals surface area contributed by atoms with Crippen LogP contribution in [0, 0.1) is 0 Å². The second-order valence-corrected chi connectivity index (χ2v) is 5.90. The van der Waals surface area contributed by atoms with E-state index in [-0.39, 0.29) is 0 Å². The third-order valence-corrected chi connectivity index (χ3v) is 3.97. The largest absolute Gasteiger partial charge is 0.383 e. The van der Waals surface area contributed by atoms with Gasteiger partial charge in [-0.3, -0.25) is 0 Å². The summed E-state index contributed by atoms with van der Waals surface area (Å²) >= 11 is 1.50. The molecule has 96 valence electrons. The van der Waals surface area contributed by atoms with E-state index in [9.17, 15) is 5.11 Å². The first-order valence-corrected chi connectivity index (χ1v) is 7.16. The molecule has 1 heterocycles. The Kier molecular flexibility index (Phi) is 3.83. The highest BCUT2D eigenvalue weighted by Gasteiger charge is 2.20. The maximum atomic E-state index is 9.91. The summed E-state index contributed by atoms with van der Waals surface area (Å²) in [5.41, 5.74) is 2.56. The highest BCUT2D eigenvalue weighted by molar-refractivity contribution is 7.10. The van der Waals surface area contributed by atoms with Crippen molar-refractivity contribution < 1.29 is 5.11 Å². The van der Waals surface area contributed by atoms with Crippen molar-refractivity contribution in [3.8, 4) is 11.3 Å². The van der Waals surface area contributed by atoms with Crippen molar-refractivity contribution >= 4 is 11.3 Å². The Balaban J connectivity index is 2.23. The highest BCUT2D eigenvalue weighted by Crippen LogP contribution is 2.28. The van der Waals surface area contributed by atoms with E-state index < -0.39 is 5.60 Å². The molecule has 1 N–H and O–H groups in total. The van der Waals surface area contributed by atoms with E-state index >= 15 is 0 Å². The smallest absolute Gasteiger partial charge is 0.124 e. The Hall–Kier alpha value is -1.19. The fourth-order valence-corrected chi connectivity index (χ4v) is 2.67. The quantitative estimate of drug-likeness (QED) is 0.902. The van der Waals surface area contributed by atoms with Crippen molar-refractivity contribution in [2.45, 2.75) is 39.2 Å². The van der Waals surface area contributed by atoms with E-state index in [4.69, 9.17) is 0 Å². The summed E-state index contributed by atoms with van der Waals surface area (Å²) in [7, 11) is 0. The third kappa shape index (κ3) is 2.98. The Morgan fingerprint density at radius 1 is 1.22 bits per heavy atom. The van der Waals surface area contributed by atoms with Crippen LogP contribution in [0.4, 0.5) is 0 Å². The average molecular weight is 261 g/mol. The van der Waals surface area contributed by atoms with E-state index in [1.807, 2.05) is 5.38 Å². The van der Waals surface area contributed by atoms with E-state index in [1.165, 1.54) is 23.3 Å². The molecule has 1 aromatic heterocycles. The van der Waals surface area contributed by atoms with Crippen LogP contribution >= 0.6 is 11.3 Å². The summed E-state index contributed by atoms with van der Waals surface area (Å²) in [4.78, 5) is 4.50. The van der Waals surface area contributed by atoms with Gasteiger partial charge in [-0.1, -0.05) is 37.6 Å². The molecular weight excluding hydrogens is 242 g/mol. The number of benzene rings is 1. The summed E-state index contributed by atoms with van der Waals surface area (Å²) in [6.45, 7) is 5.71. The Morgan fingerprint density at radius 3 is 2.39 bits per heavy atom. The van der Waals surface area contributed by atoms with Crippen molar-refractivity contribution in [1.82, 2.24) is 4.98 Å². The second-order valence-electron chi connectivity index (χ2n) is 5.04. The van der Waals surface area contributed by atoms with Crippen LogP contribution in [0.3, 0.4) is 0 Å². The minimum absolute atomic E-state index is 0.759. The van der Waals surface area contributed by atoms with E-state index in [2.05, 4.69) is 36.2 Å². The first kappa shape index (κ1) is 13.2. The Morgan fingerprint density at radius 2 is 1.89 bits per heavy atom. The predicted molar refractivity (Wildman–Crippen MR) is 76.8 cm³/mol. The average Bonchev–Trinajstić information content (AvgIpc) is 2.79. The van der Waals surface area contributed by atoms with Crippen LogP contribution in [-0.2, 0) is 12.0 Å². The number of hydrogen-bond acceptors (Lipinski definition) is 3. The molecule has 0 unspecified atom stereocenters. The molecule has 0 amide bonds. The number of rotatable bonds is 4. The molecule has 0 aliphatic rings. The third-order valence-electron chi connectivity index (χ3n) is 2.82. The van der Waals surface area contributed by atoms with Crippen molar-refractivity contribution in [3.63, 3.8) is 0 Å². The monoisotopic (exact) mass is 261 g/mol. The van der Waals surface area contributed by atoms with E-state index in [1.54, 1.807) is 13.8 Å². The van der Waals surface area contributed by atoms with Gasteiger partial charge in [-0.05, 0) is 25.8 Å². The molecule has 0 fully saturated rings. The van der Waals surface area contributed by atoms with Gasteiger partial charge in [0.1, 0.15) is 10.6 Å². The summed E-state index contributed by atoms with van der Waals surface area (Å²) < 4.78 is 0. The van der Waals surface area contributed by atoms with Gasteiger partial charge in [0.2, 0.25) is 0 Å². The predicted octanol–water partition coefficient (Wildman–Crippen LogP) is 3.99. The number of thiazole rings is 1. The molecule has 0 aliphatic heterocycles. The fraction of sp³-hybridized carbons (Fsp3) is 0.400. The molecule has 1 aromatic carbocycles. The van der Waals surface area contributed by atoms with Gasteiger partial charge < -0.3 is 5.11 Å². The summed E-state index contributed by atoms with van der Waals surface area (Å²) in [6, 6.07) is 8.52. The van der Waals surface area contributed by atoms with Crippen molar-refractivity contribution in [1.29, 1.82) is 0 Å². The molecule has 0 spiro atoms. The van der Waals surface area contributed by atoms with Crippen molar-refractivity contribution in [2.75, 3.05) is 0 Å². The molecule has 0 bridgehead atoms. The van der Waals surface area contributed by atoms with Crippen LogP contribution in [-0.4, -0.2) is 10.1 Å².